The van der Waals surface area contributed by atoms with Gasteiger partial charge in [-0.15, -0.1) is 0 Å². The number of carbonyl (C=O) groups is 1. The van der Waals surface area contributed by atoms with Gasteiger partial charge in [0.1, 0.15) is 0 Å². The third-order valence-electron chi connectivity index (χ3n) is 2.49. The van der Waals surface area contributed by atoms with Crippen LogP contribution in [0.2, 0.25) is 0 Å². The second-order valence-electron chi connectivity index (χ2n) is 4.08. The third-order valence-corrected chi connectivity index (χ3v) is 2.49. The van der Waals surface area contributed by atoms with Gasteiger partial charge in [0, 0.05) is 24.0 Å². The normalized spacial score (nSPS) is 9.47. The lowest BCUT2D eigenvalue weighted by molar-refractivity contribution is -0.114. The van der Waals surface area contributed by atoms with Crippen molar-refractivity contribution >= 4 is 23.0 Å². The molecule has 0 fully saturated rings. The molecule has 1 amide bonds. The van der Waals surface area contributed by atoms with Crippen molar-refractivity contribution in [1.29, 1.82) is 5.26 Å². The van der Waals surface area contributed by atoms with E-state index in [1.807, 2.05) is 36.4 Å². The Morgan fingerprint density at radius 1 is 1.05 bits per heavy atom. The minimum absolute atomic E-state index is 0.0950. The zero-order valence-electron chi connectivity index (χ0n) is 10.5. The molecule has 0 aliphatic heterocycles. The fourth-order valence-electron chi connectivity index (χ4n) is 1.67. The molecular weight excluding hydrogens is 238 g/mol. The molecule has 0 atom stereocenters. The Labute approximate surface area is 111 Å². The van der Waals surface area contributed by atoms with Gasteiger partial charge in [-0.25, -0.2) is 0 Å². The van der Waals surface area contributed by atoms with Crippen LogP contribution in [0.4, 0.5) is 17.1 Å². The summed E-state index contributed by atoms with van der Waals surface area (Å²) in [4.78, 5) is 10.9. The third kappa shape index (κ3) is 3.58. The molecule has 94 valence electrons. The van der Waals surface area contributed by atoms with E-state index in [0.717, 1.165) is 17.1 Å². The van der Waals surface area contributed by atoms with Crippen molar-refractivity contribution < 1.29 is 4.79 Å². The first-order valence-electron chi connectivity index (χ1n) is 5.82. The van der Waals surface area contributed by atoms with Crippen molar-refractivity contribution in [1.82, 2.24) is 0 Å². The highest BCUT2D eigenvalue weighted by molar-refractivity contribution is 5.88. The molecule has 2 aromatic carbocycles. The minimum Gasteiger partial charge on any atom is -0.355 e. The Bertz CT molecular complexity index is 627. The van der Waals surface area contributed by atoms with Gasteiger partial charge in [-0.05, 0) is 42.5 Å². The van der Waals surface area contributed by atoms with Crippen LogP contribution in [-0.4, -0.2) is 5.91 Å². The highest BCUT2D eigenvalue weighted by Crippen LogP contribution is 2.19. The molecule has 0 spiro atoms. The van der Waals surface area contributed by atoms with Crippen molar-refractivity contribution in [3.05, 3.63) is 54.1 Å². The minimum atomic E-state index is -0.0950. The summed E-state index contributed by atoms with van der Waals surface area (Å²) in [5.41, 5.74) is 3.11. The van der Waals surface area contributed by atoms with Gasteiger partial charge in [-0.1, -0.05) is 6.07 Å². The summed E-state index contributed by atoms with van der Waals surface area (Å²) in [6.45, 7) is 1.47. The number of nitrogens with zero attached hydrogens (tertiary/aromatic N) is 1. The maximum Gasteiger partial charge on any atom is 0.221 e. The van der Waals surface area contributed by atoms with Crippen LogP contribution in [0.1, 0.15) is 12.5 Å². The summed E-state index contributed by atoms with van der Waals surface area (Å²) >= 11 is 0. The van der Waals surface area contributed by atoms with Crippen LogP contribution in [0.25, 0.3) is 0 Å². The van der Waals surface area contributed by atoms with Crippen molar-refractivity contribution in [2.75, 3.05) is 10.6 Å². The predicted molar refractivity (Wildman–Crippen MR) is 75.2 cm³/mol. The Morgan fingerprint density at radius 3 is 2.37 bits per heavy atom. The summed E-state index contributed by atoms with van der Waals surface area (Å²) in [5.74, 6) is -0.0950. The van der Waals surface area contributed by atoms with E-state index in [4.69, 9.17) is 5.26 Å². The largest absolute Gasteiger partial charge is 0.355 e. The van der Waals surface area contributed by atoms with Crippen molar-refractivity contribution in [2.45, 2.75) is 6.92 Å². The van der Waals surface area contributed by atoms with Gasteiger partial charge in [0.2, 0.25) is 5.91 Å². The van der Waals surface area contributed by atoms with Crippen LogP contribution in [0.3, 0.4) is 0 Å². The Morgan fingerprint density at radius 2 is 1.74 bits per heavy atom. The Hall–Kier alpha value is -2.80. The highest BCUT2D eigenvalue weighted by Gasteiger charge is 1.98. The van der Waals surface area contributed by atoms with Crippen LogP contribution < -0.4 is 10.6 Å². The number of nitriles is 1. The molecule has 2 aromatic rings. The number of rotatable bonds is 3. The highest BCUT2D eigenvalue weighted by atomic mass is 16.1. The molecule has 0 unspecified atom stereocenters. The molecule has 0 saturated heterocycles. The fraction of sp³-hybridized carbons (Fsp3) is 0.0667. The number of benzene rings is 2. The van der Waals surface area contributed by atoms with Crippen LogP contribution in [-0.2, 0) is 4.79 Å². The number of hydrogen-bond acceptors (Lipinski definition) is 3. The predicted octanol–water partition coefficient (Wildman–Crippen LogP) is 3.26. The summed E-state index contributed by atoms with van der Waals surface area (Å²) in [5, 5.41) is 14.7. The standard InChI is InChI=1S/C15H13N3O/c1-11(19)17-13-5-7-14(8-6-13)18-15-4-2-3-12(9-15)10-16/h2-9,18H,1H3,(H,17,19). The van der Waals surface area contributed by atoms with E-state index in [2.05, 4.69) is 16.7 Å². The van der Waals surface area contributed by atoms with E-state index in [-0.39, 0.29) is 5.91 Å². The van der Waals surface area contributed by atoms with Crippen LogP contribution in [0, 0.1) is 11.3 Å². The zero-order valence-corrected chi connectivity index (χ0v) is 10.5. The van der Waals surface area contributed by atoms with E-state index in [9.17, 15) is 4.79 Å². The summed E-state index contributed by atoms with van der Waals surface area (Å²) < 4.78 is 0. The summed E-state index contributed by atoms with van der Waals surface area (Å²) in [6.07, 6.45) is 0. The second-order valence-corrected chi connectivity index (χ2v) is 4.08. The van der Waals surface area contributed by atoms with Gasteiger partial charge in [0.05, 0.1) is 11.6 Å². The Balaban J connectivity index is 2.11. The maximum atomic E-state index is 10.9. The van der Waals surface area contributed by atoms with Crippen LogP contribution >= 0.6 is 0 Å². The number of hydrogen-bond donors (Lipinski definition) is 2. The maximum absolute atomic E-state index is 10.9. The average molecular weight is 251 g/mol. The molecule has 4 heteroatoms. The quantitative estimate of drug-likeness (QED) is 0.880. The monoisotopic (exact) mass is 251 g/mol. The number of amides is 1. The summed E-state index contributed by atoms with van der Waals surface area (Å²) in [7, 11) is 0. The molecule has 4 nitrogen and oxygen atoms in total. The summed E-state index contributed by atoms with van der Waals surface area (Å²) in [6, 6.07) is 16.7. The molecule has 0 aliphatic rings. The van der Waals surface area contributed by atoms with Crippen LogP contribution in [0.5, 0.6) is 0 Å². The number of anilines is 3. The van der Waals surface area contributed by atoms with E-state index >= 15 is 0 Å². The first-order chi connectivity index (χ1) is 9.17. The van der Waals surface area contributed by atoms with Crippen molar-refractivity contribution in [2.24, 2.45) is 0 Å². The van der Waals surface area contributed by atoms with Gasteiger partial charge in [0.15, 0.2) is 0 Å². The molecule has 0 aromatic heterocycles. The lowest BCUT2D eigenvalue weighted by Crippen LogP contribution is -2.05. The van der Waals surface area contributed by atoms with Gasteiger partial charge in [-0.2, -0.15) is 5.26 Å². The van der Waals surface area contributed by atoms with Crippen molar-refractivity contribution in [3.63, 3.8) is 0 Å². The molecule has 0 heterocycles. The molecular formula is C15H13N3O. The van der Waals surface area contributed by atoms with Gasteiger partial charge in [0.25, 0.3) is 0 Å². The molecule has 19 heavy (non-hydrogen) atoms. The second kappa shape index (κ2) is 5.69. The van der Waals surface area contributed by atoms with Gasteiger partial charge < -0.3 is 10.6 Å². The fourth-order valence-corrected chi connectivity index (χ4v) is 1.67. The Kier molecular flexibility index (Phi) is 3.79. The smallest absolute Gasteiger partial charge is 0.221 e. The molecule has 0 aliphatic carbocycles. The zero-order chi connectivity index (χ0) is 13.7. The van der Waals surface area contributed by atoms with Crippen molar-refractivity contribution in [3.8, 4) is 6.07 Å². The first kappa shape index (κ1) is 12.7. The van der Waals surface area contributed by atoms with E-state index < -0.39 is 0 Å². The number of nitrogens with one attached hydrogen (secondary N) is 2. The SMILES string of the molecule is CC(=O)Nc1ccc(Nc2cccc(C#N)c2)cc1. The molecule has 2 N–H and O–H groups in total. The van der Waals surface area contributed by atoms with E-state index in [1.165, 1.54) is 6.92 Å². The van der Waals surface area contributed by atoms with Gasteiger partial charge in [-0.3, -0.25) is 4.79 Å². The first-order valence-corrected chi connectivity index (χ1v) is 5.82. The lowest BCUT2D eigenvalue weighted by atomic mass is 10.2. The van der Waals surface area contributed by atoms with Gasteiger partial charge >= 0.3 is 0 Å². The van der Waals surface area contributed by atoms with Crippen LogP contribution in [0.15, 0.2) is 48.5 Å². The molecule has 2 rings (SSSR count). The van der Waals surface area contributed by atoms with E-state index in [0.29, 0.717) is 5.56 Å². The molecule has 0 saturated carbocycles. The number of carbonyl (C=O) groups excluding carboxylic acids is 1. The molecule has 0 radical (unpaired) electrons. The average Bonchev–Trinajstić information content (AvgIpc) is 2.41. The topological polar surface area (TPSA) is 64.9 Å². The lowest BCUT2D eigenvalue weighted by Gasteiger charge is -2.08. The molecule has 0 bridgehead atoms. The van der Waals surface area contributed by atoms with E-state index in [1.54, 1.807) is 12.1 Å².